The number of methoxy groups -OCH3 is 1. The molecule has 188 valence electrons. The highest BCUT2D eigenvalue weighted by Crippen LogP contribution is 2.38. The van der Waals surface area contributed by atoms with Crippen LogP contribution in [0, 0.1) is 0 Å². The van der Waals surface area contributed by atoms with Crippen LogP contribution in [0.2, 0.25) is 18.1 Å². The van der Waals surface area contributed by atoms with Crippen LogP contribution < -0.4 is 9.64 Å². The van der Waals surface area contributed by atoms with Crippen LogP contribution in [0.1, 0.15) is 43.5 Å². The van der Waals surface area contributed by atoms with Crippen LogP contribution >= 0.6 is 0 Å². The number of aliphatic imine (C=N–C) groups is 1. The molecular formula is C30H36N2O3Si. The zero-order chi connectivity index (χ0) is 25.9. The quantitative estimate of drug-likeness (QED) is 0.320. The van der Waals surface area contributed by atoms with Gasteiger partial charge in [0.05, 0.1) is 32.0 Å². The fourth-order valence-electron chi connectivity index (χ4n) is 4.00. The first kappa shape index (κ1) is 25.9. The van der Waals surface area contributed by atoms with Gasteiger partial charge in [-0.25, -0.2) is 0 Å². The zero-order valence-electron chi connectivity index (χ0n) is 22.1. The highest BCUT2D eigenvalue weighted by Gasteiger charge is 2.38. The Balaban J connectivity index is 1.68. The van der Waals surface area contributed by atoms with E-state index < -0.39 is 8.32 Å². The fourth-order valence-corrected chi connectivity index (χ4v) is 5.01. The Kier molecular flexibility index (Phi) is 7.48. The van der Waals surface area contributed by atoms with Gasteiger partial charge in [-0.1, -0.05) is 81.4 Å². The van der Waals surface area contributed by atoms with Gasteiger partial charge >= 0.3 is 0 Å². The Hall–Kier alpha value is -3.22. The lowest BCUT2D eigenvalue weighted by Gasteiger charge is -2.37. The number of fused-ring (bicyclic) bond motifs is 1. The molecule has 0 aliphatic carbocycles. The van der Waals surface area contributed by atoms with E-state index in [2.05, 4.69) is 46.0 Å². The predicted molar refractivity (Wildman–Crippen MR) is 149 cm³/mol. The van der Waals surface area contributed by atoms with Crippen LogP contribution in [0.4, 0.5) is 5.69 Å². The molecule has 6 heteroatoms. The lowest BCUT2D eigenvalue weighted by Crippen LogP contribution is -2.41. The molecule has 1 heterocycles. The molecule has 0 bridgehead atoms. The summed E-state index contributed by atoms with van der Waals surface area (Å²) in [6, 6.07) is 25.6. The molecule has 0 saturated heterocycles. The van der Waals surface area contributed by atoms with Crippen molar-refractivity contribution in [3.63, 3.8) is 0 Å². The van der Waals surface area contributed by atoms with E-state index in [0.717, 1.165) is 28.1 Å². The normalized spacial score (nSPS) is 15.8. The molecule has 0 aromatic heterocycles. The number of carbonyl (C=O) groups excluding carboxylic acids is 1. The topological polar surface area (TPSA) is 51.1 Å². The second kappa shape index (κ2) is 10.4. The summed E-state index contributed by atoms with van der Waals surface area (Å²) in [5.74, 6) is 0.710. The van der Waals surface area contributed by atoms with Crippen molar-refractivity contribution in [2.75, 3.05) is 18.6 Å². The third-order valence-electron chi connectivity index (χ3n) is 7.27. The number of rotatable bonds is 8. The zero-order valence-corrected chi connectivity index (χ0v) is 23.1. The number of amides is 1. The maximum Gasteiger partial charge on any atom is 0.277 e. The van der Waals surface area contributed by atoms with Crippen molar-refractivity contribution >= 4 is 25.6 Å². The highest BCUT2D eigenvalue weighted by atomic mass is 28.4. The Labute approximate surface area is 215 Å². The monoisotopic (exact) mass is 500 g/mol. The fraction of sp³-hybridized carbons (Fsp3) is 0.333. The first-order valence-corrected chi connectivity index (χ1v) is 15.3. The van der Waals surface area contributed by atoms with Crippen molar-refractivity contribution in [3.8, 4) is 5.75 Å². The molecular weight excluding hydrogens is 464 g/mol. The van der Waals surface area contributed by atoms with Gasteiger partial charge in [0, 0.05) is 5.56 Å². The van der Waals surface area contributed by atoms with Gasteiger partial charge < -0.3 is 14.1 Å². The number of benzene rings is 3. The molecule has 0 radical (unpaired) electrons. The van der Waals surface area contributed by atoms with Gasteiger partial charge in [-0.05, 0) is 47.5 Å². The van der Waals surface area contributed by atoms with Gasteiger partial charge in [0.2, 0.25) is 0 Å². The summed E-state index contributed by atoms with van der Waals surface area (Å²) in [5, 5.41) is 0.0896. The summed E-state index contributed by atoms with van der Waals surface area (Å²) in [5.41, 5.74) is 4.31. The molecule has 0 unspecified atom stereocenters. The molecule has 3 aromatic carbocycles. The van der Waals surface area contributed by atoms with E-state index in [1.54, 1.807) is 7.11 Å². The van der Waals surface area contributed by atoms with Crippen molar-refractivity contribution in [1.29, 1.82) is 0 Å². The minimum atomic E-state index is -1.99. The Bertz CT molecular complexity index is 1230. The minimum Gasteiger partial charge on any atom is -0.497 e. The molecule has 0 N–H and O–H groups in total. The number of anilines is 1. The van der Waals surface area contributed by atoms with E-state index in [9.17, 15) is 4.79 Å². The van der Waals surface area contributed by atoms with Crippen LogP contribution in [0.25, 0.3) is 0 Å². The second-order valence-corrected chi connectivity index (χ2v) is 15.5. The van der Waals surface area contributed by atoms with E-state index in [0.29, 0.717) is 18.9 Å². The molecule has 5 nitrogen and oxygen atoms in total. The summed E-state index contributed by atoms with van der Waals surface area (Å²) >= 11 is 0. The molecule has 1 aliphatic heterocycles. The highest BCUT2D eigenvalue weighted by molar-refractivity contribution is 6.74. The van der Waals surface area contributed by atoms with Crippen LogP contribution in [0.5, 0.6) is 5.75 Å². The molecule has 4 rings (SSSR count). The van der Waals surface area contributed by atoms with Crippen molar-refractivity contribution in [2.45, 2.75) is 51.5 Å². The van der Waals surface area contributed by atoms with Gasteiger partial charge in [-0.3, -0.25) is 9.79 Å². The average molecular weight is 501 g/mol. The lowest BCUT2D eigenvalue weighted by molar-refractivity contribution is -0.112. The summed E-state index contributed by atoms with van der Waals surface area (Å²) in [6.07, 6.45) is 0. The van der Waals surface area contributed by atoms with E-state index in [-0.39, 0.29) is 17.0 Å². The molecule has 0 saturated carbocycles. The number of para-hydroxylation sites is 1. The molecule has 0 fully saturated rings. The van der Waals surface area contributed by atoms with Gasteiger partial charge in [0.25, 0.3) is 5.91 Å². The smallest absolute Gasteiger partial charge is 0.277 e. The molecule has 1 amide bonds. The lowest BCUT2D eigenvalue weighted by atomic mass is 10.1. The second-order valence-electron chi connectivity index (χ2n) is 10.7. The summed E-state index contributed by atoms with van der Waals surface area (Å²) in [7, 11) is -0.344. The van der Waals surface area contributed by atoms with Crippen molar-refractivity contribution in [2.24, 2.45) is 4.99 Å². The third-order valence-corrected chi connectivity index (χ3v) is 11.8. The number of nitrogens with zero attached hydrogens (tertiary/aromatic N) is 2. The molecule has 1 aliphatic rings. The van der Waals surface area contributed by atoms with Gasteiger partial charge in [0.1, 0.15) is 11.5 Å². The van der Waals surface area contributed by atoms with Crippen LogP contribution in [0.3, 0.4) is 0 Å². The largest absolute Gasteiger partial charge is 0.497 e. The Morgan fingerprint density at radius 3 is 2.19 bits per heavy atom. The van der Waals surface area contributed by atoms with Crippen LogP contribution in [-0.4, -0.2) is 33.7 Å². The van der Waals surface area contributed by atoms with Gasteiger partial charge in [-0.2, -0.15) is 0 Å². The van der Waals surface area contributed by atoms with E-state index in [1.165, 1.54) is 0 Å². The standard InChI is InChI=1S/C30H36N2O3Si/c1-30(2,3)36(5,6)35-21-26(23-12-8-7-9-13-23)31-28-25-14-10-11-15-27(25)32(29(28)33)20-22-16-18-24(34-4)19-17-22/h7-19,26H,20-21H2,1-6H3/t26-/m0/s1. The third kappa shape index (κ3) is 5.45. The summed E-state index contributed by atoms with van der Waals surface area (Å²) in [6.45, 7) is 12.1. The van der Waals surface area contributed by atoms with Gasteiger partial charge in [-0.15, -0.1) is 0 Å². The first-order valence-electron chi connectivity index (χ1n) is 12.4. The maximum atomic E-state index is 13.8. The number of hydrogen-bond acceptors (Lipinski definition) is 4. The van der Waals surface area contributed by atoms with E-state index in [4.69, 9.17) is 14.2 Å². The van der Waals surface area contributed by atoms with Gasteiger partial charge in [0.15, 0.2) is 8.32 Å². The average Bonchev–Trinajstić information content (AvgIpc) is 3.12. The van der Waals surface area contributed by atoms with Crippen molar-refractivity contribution in [1.82, 2.24) is 0 Å². The number of carbonyl (C=O) groups is 1. The minimum absolute atomic E-state index is 0.0831. The predicted octanol–water partition coefficient (Wildman–Crippen LogP) is 6.79. The maximum absolute atomic E-state index is 13.8. The van der Waals surface area contributed by atoms with Crippen LogP contribution in [0.15, 0.2) is 83.9 Å². The number of hydrogen-bond donors (Lipinski definition) is 0. The first-order chi connectivity index (χ1) is 17.1. The molecule has 36 heavy (non-hydrogen) atoms. The molecule has 1 atom stereocenters. The van der Waals surface area contributed by atoms with Crippen molar-refractivity contribution in [3.05, 3.63) is 95.6 Å². The van der Waals surface area contributed by atoms with Crippen molar-refractivity contribution < 1.29 is 14.0 Å². The summed E-state index contributed by atoms with van der Waals surface area (Å²) < 4.78 is 11.9. The SMILES string of the molecule is COc1ccc(CN2C(=O)C(=N[C@@H](CO[Si](C)(C)C(C)(C)C)c3ccccc3)c3ccccc32)cc1. The Morgan fingerprint density at radius 1 is 0.917 bits per heavy atom. The number of ether oxygens (including phenoxy) is 1. The van der Waals surface area contributed by atoms with E-state index in [1.807, 2.05) is 71.6 Å². The Morgan fingerprint density at radius 2 is 1.56 bits per heavy atom. The molecule has 3 aromatic rings. The van der Waals surface area contributed by atoms with E-state index >= 15 is 0 Å². The molecule has 0 spiro atoms. The summed E-state index contributed by atoms with van der Waals surface area (Å²) in [4.78, 5) is 20.6. The van der Waals surface area contributed by atoms with Crippen LogP contribution in [-0.2, 0) is 15.8 Å².